The fourth-order valence-corrected chi connectivity index (χ4v) is 11.9. The van der Waals surface area contributed by atoms with Gasteiger partial charge in [0.1, 0.15) is 29.2 Å². The van der Waals surface area contributed by atoms with Crippen molar-refractivity contribution in [3.05, 3.63) is 70.9 Å². The summed E-state index contributed by atoms with van der Waals surface area (Å²) >= 11 is 0. The second kappa shape index (κ2) is 21.7. The minimum Gasteiger partial charge on any atom is -0.405 e. The molecule has 5 N–H and O–H groups in total. The monoisotopic (exact) mass is 1000 g/mol. The van der Waals surface area contributed by atoms with Crippen LogP contribution in [-0.2, 0) is 39.9 Å². The van der Waals surface area contributed by atoms with Crippen LogP contribution in [0.2, 0.25) is 0 Å². The SMILES string of the molecule is N#Cc1cnc(NCc2ccccc2OC(F)(F)F)nc1NCC12CC3CC(C1)C1N(CCOCCOCCOCCOCCNC(=O)CNc4cccc5c4C(=O)N(C4CCC(=O)NC4=O)C5=O)C1(C3)C2. The van der Waals surface area contributed by atoms with Crippen LogP contribution in [0.1, 0.15) is 76.8 Å². The number of alkyl halides is 3. The molecule has 3 aliphatic heterocycles. The van der Waals surface area contributed by atoms with Gasteiger partial charge in [-0.3, -0.25) is 39.1 Å². The van der Waals surface area contributed by atoms with Crippen LogP contribution in [0.5, 0.6) is 5.75 Å². The van der Waals surface area contributed by atoms with Gasteiger partial charge in [-0.1, -0.05) is 24.3 Å². The highest BCUT2D eigenvalue weighted by Gasteiger charge is 2.75. The highest BCUT2D eigenvalue weighted by molar-refractivity contribution is 6.25. The molecule has 0 radical (unpaired) electrons. The lowest BCUT2D eigenvalue weighted by Gasteiger charge is -2.55. The fourth-order valence-electron chi connectivity index (χ4n) is 11.9. The van der Waals surface area contributed by atoms with Gasteiger partial charge in [0.05, 0.1) is 76.7 Å². The van der Waals surface area contributed by atoms with Gasteiger partial charge in [-0.2, -0.15) is 10.2 Å². The number of rotatable bonds is 26. The van der Waals surface area contributed by atoms with Crippen LogP contribution >= 0.6 is 0 Å². The van der Waals surface area contributed by atoms with Crippen molar-refractivity contribution in [1.29, 1.82) is 5.26 Å². The van der Waals surface area contributed by atoms with E-state index in [2.05, 4.69) is 52.3 Å². The molecule has 7 unspecified atom stereocenters. The van der Waals surface area contributed by atoms with Crippen LogP contribution in [0.15, 0.2) is 48.7 Å². The van der Waals surface area contributed by atoms with E-state index in [4.69, 9.17) is 18.9 Å². The third-order valence-electron chi connectivity index (χ3n) is 14.5. The zero-order valence-electron chi connectivity index (χ0n) is 39.5. The van der Waals surface area contributed by atoms with E-state index >= 15 is 0 Å². The fraction of sp³-hybridized carbons (Fsp3) is 0.551. The number of ether oxygens (including phenoxy) is 5. The molecule has 72 heavy (non-hydrogen) atoms. The maximum absolute atomic E-state index is 13.3. The van der Waals surface area contributed by atoms with Crippen molar-refractivity contribution in [2.75, 3.05) is 95.0 Å². The maximum atomic E-state index is 13.3. The zero-order chi connectivity index (χ0) is 50.5. The smallest absolute Gasteiger partial charge is 0.405 e. The van der Waals surface area contributed by atoms with E-state index in [0.717, 1.165) is 30.7 Å². The summed E-state index contributed by atoms with van der Waals surface area (Å²) in [5, 5.41) is 24.1. The molecule has 7 aliphatic rings. The number of imide groups is 2. The number of hydrogen-bond acceptors (Lipinski definition) is 17. The molecule has 2 aromatic carbocycles. The van der Waals surface area contributed by atoms with Gasteiger partial charge < -0.3 is 45.0 Å². The van der Waals surface area contributed by atoms with Crippen molar-refractivity contribution in [2.45, 2.75) is 75.5 Å². The number of carbonyl (C=O) groups is 5. The van der Waals surface area contributed by atoms with Crippen LogP contribution in [0.3, 0.4) is 0 Å². The predicted octanol–water partition coefficient (Wildman–Crippen LogP) is 3.60. The lowest BCUT2D eigenvalue weighted by atomic mass is 9.49. The van der Waals surface area contributed by atoms with Crippen molar-refractivity contribution >= 4 is 47.0 Å². The Balaban J connectivity index is 0.607. The van der Waals surface area contributed by atoms with Gasteiger partial charge in [-0.25, -0.2) is 4.98 Å². The zero-order valence-corrected chi connectivity index (χ0v) is 39.5. The predicted molar refractivity (Wildman–Crippen MR) is 249 cm³/mol. The minimum absolute atomic E-state index is 0.0111. The average molecular weight is 1000 g/mol. The summed E-state index contributed by atoms with van der Waals surface area (Å²) < 4.78 is 65.8. The molecule has 10 rings (SSSR count). The molecule has 4 bridgehead atoms. The first-order chi connectivity index (χ1) is 34.8. The van der Waals surface area contributed by atoms with Crippen LogP contribution < -0.4 is 31.3 Å². The number of para-hydroxylation sites is 1. The third-order valence-corrected chi connectivity index (χ3v) is 14.5. The minimum atomic E-state index is -4.82. The number of fused-ring (bicyclic) bond motifs is 1. The van der Waals surface area contributed by atoms with Crippen molar-refractivity contribution in [3.63, 3.8) is 0 Å². The number of likely N-dealkylation sites (tertiary alicyclic amines) is 1. The van der Waals surface area contributed by atoms with Gasteiger partial charge >= 0.3 is 6.36 Å². The van der Waals surface area contributed by atoms with Gasteiger partial charge in [-0.05, 0) is 74.0 Å². The summed E-state index contributed by atoms with van der Waals surface area (Å²) in [5.41, 5.74) is 1.28. The first-order valence-corrected chi connectivity index (χ1v) is 24.3. The number of nitrogens with zero attached hydrogens (tertiary/aromatic N) is 5. The summed E-state index contributed by atoms with van der Waals surface area (Å²) in [6.45, 7) is 4.80. The number of benzene rings is 2. The normalized spacial score (nSPS) is 25.6. The topological polar surface area (TPSA) is 247 Å². The second-order valence-corrected chi connectivity index (χ2v) is 19.2. The highest BCUT2D eigenvalue weighted by Crippen LogP contribution is 2.71. The number of hydrogen-bond donors (Lipinski definition) is 5. The number of piperidine rings is 1. The van der Waals surface area contributed by atoms with Crippen LogP contribution in [0, 0.1) is 28.6 Å². The molecule has 5 amide bonds. The molecule has 4 heterocycles. The Morgan fingerprint density at radius 2 is 1.64 bits per heavy atom. The number of nitrogens with one attached hydrogen (secondary N) is 5. The van der Waals surface area contributed by atoms with Crippen molar-refractivity contribution < 1.29 is 60.8 Å². The van der Waals surface area contributed by atoms with Crippen LogP contribution in [0.25, 0.3) is 0 Å². The van der Waals surface area contributed by atoms with E-state index in [0.29, 0.717) is 82.1 Å². The Hall–Kier alpha value is -6.45. The molecule has 20 nitrogen and oxygen atoms in total. The van der Waals surface area contributed by atoms with Gasteiger partial charge in [0, 0.05) is 55.4 Å². The average Bonchev–Trinajstić information content (AvgIpc) is 3.89. The van der Waals surface area contributed by atoms with E-state index in [1.165, 1.54) is 43.3 Å². The molecule has 3 aromatic rings. The number of halogens is 3. The number of anilines is 3. The molecule has 1 aromatic heterocycles. The largest absolute Gasteiger partial charge is 0.573 e. The highest BCUT2D eigenvalue weighted by atomic mass is 19.4. The molecular weight excluding hydrogens is 946 g/mol. The van der Waals surface area contributed by atoms with E-state index < -0.39 is 36.0 Å². The summed E-state index contributed by atoms with van der Waals surface area (Å²) in [6.07, 6.45) is 2.34. The lowest BCUT2D eigenvalue weighted by molar-refractivity contribution is -0.274. The molecule has 2 saturated heterocycles. The van der Waals surface area contributed by atoms with Crippen LogP contribution in [0.4, 0.5) is 30.6 Å². The van der Waals surface area contributed by atoms with Gasteiger partial charge in [0.25, 0.3) is 11.8 Å². The van der Waals surface area contributed by atoms with Gasteiger partial charge in [0.15, 0.2) is 0 Å². The first-order valence-electron chi connectivity index (χ1n) is 24.3. The molecule has 4 aliphatic carbocycles. The van der Waals surface area contributed by atoms with Gasteiger partial charge in [0.2, 0.25) is 23.7 Å². The Morgan fingerprint density at radius 1 is 0.889 bits per heavy atom. The van der Waals surface area contributed by atoms with E-state index in [9.17, 15) is 42.4 Å². The first kappa shape index (κ1) is 50.5. The Morgan fingerprint density at radius 3 is 2.39 bits per heavy atom. The van der Waals surface area contributed by atoms with Gasteiger partial charge in [-0.15, -0.1) is 13.2 Å². The lowest BCUT2D eigenvalue weighted by Crippen LogP contribution is -2.54. The standard InChI is InChI=1S/C49H57F3N10O10/c50-49(51,52)72-37-7-2-1-4-31(37)25-56-46-57-26-33(24-53)42(60-46)58-29-47-21-30-20-32(23-47)41-48(22-30,28-47)61(41)11-13-69-15-17-71-19-18-70-16-14-68-12-10-54-39(64)27-55-35-6-3-5-34-40(35)45(67)62(44(34)66)36-8-9-38(63)59-43(36)65/h1-7,26,30,32,36,41,55H,8-23,25,27-29H2,(H,54,64)(H,59,63,65)(H2,56,57,58,60). The van der Waals surface area contributed by atoms with E-state index in [-0.39, 0.29) is 90.0 Å². The molecule has 6 fully saturated rings. The summed E-state index contributed by atoms with van der Waals surface area (Å²) in [7, 11) is 0. The third kappa shape index (κ3) is 11.3. The van der Waals surface area contributed by atoms with Crippen molar-refractivity contribution in [3.8, 4) is 11.8 Å². The van der Waals surface area contributed by atoms with Crippen molar-refractivity contribution in [1.82, 2.24) is 30.4 Å². The summed E-state index contributed by atoms with van der Waals surface area (Å²) in [4.78, 5) is 75.1. The Kier molecular flexibility index (Phi) is 15.2. The molecule has 384 valence electrons. The van der Waals surface area contributed by atoms with E-state index in [1.54, 1.807) is 18.2 Å². The number of amides is 5. The molecule has 1 spiro atoms. The molecule has 23 heteroatoms. The molecular formula is C49H57F3N10O10. The Labute approximate surface area is 413 Å². The molecule has 7 atom stereocenters. The number of carbonyl (C=O) groups excluding carboxylic acids is 5. The number of aromatic nitrogens is 2. The Bertz CT molecular complexity index is 2580. The van der Waals surface area contributed by atoms with Crippen LogP contribution in [-0.4, -0.2) is 152 Å². The van der Waals surface area contributed by atoms with Crippen molar-refractivity contribution in [2.24, 2.45) is 17.3 Å². The maximum Gasteiger partial charge on any atom is 0.573 e. The number of nitriles is 1. The second-order valence-electron chi connectivity index (χ2n) is 19.2. The quantitative estimate of drug-likeness (QED) is 0.0438. The molecule has 4 saturated carbocycles. The van der Waals surface area contributed by atoms with E-state index in [1.807, 2.05) is 0 Å². The summed E-state index contributed by atoms with van der Waals surface area (Å²) in [6, 6.07) is 12.1. The summed E-state index contributed by atoms with van der Waals surface area (Å²) in [5.74, 6) is -1.29.